The highest BCUT2D eigenvalue weighted by Gasteiger charge is 2.35. The molecular formula is C21H23FINO4. The van der Waals surface area contributed by atoms with E-state index < -0.39 is 0 Å². The molecule has 1 aliphatic rings. The Hall–Kier alpha value is -1.87. The summed E-state index contributed by atoms with van der Waals surface area (Å²) in [5.74, 6) is 0.597. The third kappa shape index (κ3) is 4.41. The molecule has 5 nitrogen and oxygen atoms in total. The van der Waals surface area contributed by atoms with Crippen molar-refractivity contribution in [3.8, 4) is 11.5 Å². The van der Waals surface area contributed by atoms with Crippen molar-refractivity contribution in [2.45, 2.75) is 18.3 Å². The molecule has 0 atom stereocenters. The number of carbonyl (C=O) groups is 1. The molecule has 0 saturated carbocycles. The highest BCUT2D eigenvalue weighted by molar-refractivity contribution is 14.1. The van der Waals surface area contributed by atoms with Crippen LogP contribution < -0.4 is 14.8 Å². The second kappa shape index (κ2) is 9.09. The molecule has 28 heavy (non-hydrogen) atoms. The molecule has 0 unspecified atom stereocenters. The van der Waals surface area contributed by atoms with E-state index in [1.807, 2.05) is 6.07 Å². The molecule has 1 aliphatic heterocycles. The Morgan fingerprint density at radius 3 is 2.50 bits per heavy atom. The largest absolute Gasteiger partial charge is 0.493 e. The Morgan fingerprint density at radius 2 is 1.86 bits per heavy atom. The van der Waals surface area contributed by atoms with Gasteiger partial charge in [0.05, 0.1) is 19.8 Å². The monoisotopic (exact) mass is 499 g/mol. The van der Waals surface area contributed by atoms with E-state index in [4.69, 9.17) is 14.2 Å². The van der Waals surface area contributed by atoms with E-state index in [-0.39, 0.29) is 17.1 Å². The van der Waals surface area contributed by atoms with Gasteiger partial charge in [0.1, 0.15) is 5.82 Å². The second-order valence-corrected chi connectivity index (χ2v) is 7.93. The number of methoxy groups -OCH3 is 2. The number of rotatable bonds is 6. The summed E-state index contributed by atoms with van der Waals surface area (Å²) in [5, 5.41) is 3.04. The van der Waals surface area contributed by atoms with Crippen LogP contribution in [0.3, 0.4) is 0 Å². The van der Waals surface area contributed by atoms with Gasteiger partial charge in [-0.3, -0.25) is 4.79 Å². The lowest BCUT2D eigenvalue weighted by Crippen LogP contribution is -2.44. The third-order valence-electron chi connectivity index (χ3n) is 5.19. The molecule has 2 aromatic carbocycles. The van der Waals surface area contributed by atoms with E-state index in [9.17, 15) is 9.18 Å². The average Bonchev–Trinajstić information content (AvgIpc) is 2.72. The van der Waals surface area contributed by atoms with Crippen molar-refractivity contribution in [2.75, 3.05) is 34.0 Å². The molecule has 0 aromatic heterocycles. The van der Waals surface area contributed by atoms with Crippen LogP contribution in [0.1, 0.15) is 28.8 Å². The van der Waals surface area contributed by atoms with Gasteiger partial charge in [-0.05, 0) is 65.3 Å². The minimum Gasteiger partial charge on any atom is -0.493 e. The fraction of sp³-hybridized carbons (Fsp3) is 0.381. The van der Waals surface area contributed by atoms with Gasteiger partial charge < -0.3 is 19.5 Å². The molecule has 7 heteroatoms. The molecule has 1 heterocycles. The van der Waals surface area contributed by atoms with E-state index in [1.54, 1.807) is 31.4 Å². The first-order chi connectivity index (χ1) is 13.5. The lowest BCUT2D eigenvalue weighted by molar-refractivity contribution is 0.0486. The third-order valence-corrected chi connectivity index (χ3v) is 6.08. The van der Waals surface area contributed by atoms with Crippen molar-refractivity contribution in [1.29, 1.82) is 0 Å². The van der Waals surface area contributed by atoms with Crippen LogP contribution >= 0.6 is 22.6 Å². The quantitative estimate of drug-likeness (QED) is 0.613. The van der Waals surface area contributed by atoms with E-state index in [1.165, 1.54) is 13.2 Å². The molecule has 1 amide bonds. The summed E-state index contributed by atoms with van der Waals surface area (Å²) in [6, 6.07) is 10.1. The van der Waals surface area contributed by atoms with Gasteiger partial charge in [-0.25, -0.2) is 4.39 Å². The smallest absolute Gasteiger partial charge is 0.252 e. The van der Waals surface area contributed by atoms with Gasteiger partial charge in [0.15, 0.2) is 11.5 Å². The Kier molecular flexibility index (Phi) is 6.77. The number of hydrogen-bond acceptors (Lipinski definition) is 4. The van der Waals surface area contributed by atoms with Gasteiger partial charge in [0, 0.05) is 28.7 Å². The zero-order valence-electron chi connectivity index (χ0n) is 15.9. The van der Waals surface area contributed by atoms with Gasteiger partial charge in [0.25, 0.3) is 5.91 Å². The van der Waals surface area contributed by atoms with Crippen LogP contribution in [-0.2, 0) is 10.2 Å². The Morgan fingerprint density at radius 1 is 1.18 bits per heavy atom. The number of halogens is 2. The summed E-state index contributed by atoms with van der Waals surface area (Å²) in [6.45, 7) is 1.57. The van der Waals surface area contributed by atoms with Crippen LogP contribution in [0.15, 0.2) is 36.4 Å². The Bertz CT molecular complexity index is 852. The van der Waals surface area contributed by atoms with E-state index in [0.717, 1.165) is 22.0 Å². The average molecular weight is 499 g/mol. The summed E-state index contributed by atoms with van der Waals surface area (Å²) < 4.78 is 30.7. The maximum Gasteiger partial charge on any atom is 0.252 e. The van der Waals surface area contributed by atoms with E-state index in [0.29, 0.717) is 36.8 Å². The van der Waals surface area contributed by atoms with Gasteiger partial charge >= 0.3 is 0 Å². The van der Waals surface area contributed by atoms with Crippen LogP contribution in [-0.4, -0.2) is 39.9 Å². The minimum atomic E-state index is -0.349. The topological polar surface area (TPSA) is 56.8 Å². The number of hydrogen-bond donors (Lipinski definition) is 1. The fourth-order valence-corrected chi connectivity index (χ4v) is 4.20. The predicted octanol–water partition coefficient (Wildman–Crippen LogP) is 3.93. The van der Waals surface area contributed by atoms with Crippen molar-refractivity contribution in [3.63, 3.8) is 0 Å². The number of benzene rings is 2. The van der Waals surface area contributed by atoms with Crippen LogP contribution in [0.4, 0.5) is 4.39 Å². The van der Waals surface area contributed by atoms with E-state index in [2.05, 4.69) is 27.9 Å². The normalized spacial score (nSPS) is 15.7. The summed E-state index contributed by atoms with van der Waals surface area (Å²) >= 11 is 2.11. The molecule has 1 saturated heterocycles. The highest BCUT2D eigenvalue weighted by atomic mass is 127. The van der Waals surface area contributed by atoms with Crippen LogP contribution in [0.25, 0.3) is 0 Å². The molecule has 1 fully saturated rings. The summed E-state index contributed by atoms with van der Waals surface area (Å²) in [4.78, 5) is 12.9. The molecule has 0 spiro atoms. The zero-order valence-corrected chi connectivity index (χ0v) is 18.0. The van der Waals surface area contributed by atoms with Crippen molar-refractivity contribution in [3.05, 3.63) is 56.9 Å². The van der Waals surface area contributed by atoms with Crippen molar-refractivity contribution in [1.82, 2.24) is 5.32 Å². The molecule has 2 aromatic rings. The summed E-state index contributed by atoms with van der Waals surface area (Å²) in [6.07, 6.45) is 1.44. The minimum absolute atomic E-state index is 0.201. The molecule has 1 N–H and O–H groups in total. The Labute approximate surface area is 177 Å². The molecular weight excluding hydrogens is 476 g/mol. The zero-order chi connectivity index (χ0) is 20.1. The molecule has 150 valence electrons. The number of amides is 1. The summed E-state index contributed by atoms with van der Waals surface area (Å²) in [5.41, 5.74) is 1.05. The molecule has 3 rings (SSSR count). The summed E-state index contributed by atoms with van der Waals surface area (Å²) in [7, 11) is 3.09. The first-order valence-corrected chi connectivity index (χ1v) is 10.1. The van der Waals surface area contributed by atoms with Gasteiger partial charge in [-0.15, -0.1) is 0 Å². The Balaban J connectivity index is 1.83. The second-order valence-electron chi connectivity index (χ2n) is 6.77. The molecule has 0 aliphatic carbocycles. The standard InChI is InChI=1S/C21H23FINO4/c1-26-18-11-16(17(23)12-19(18)27-2)20(25)24-13-21(6-8-28-9-7-21)14-4-3-5-15(22)10-14/h3-5,10-12H,6-9,13H2,1-2H3,(H,24,25). The van der Waals surface area contributed by atoms with E-state index >= 15 is 0 Å². The SMILES string of the molecule is COc1cc(I)c(C(=O)NCC2(c3cccc(F)c3)CCOCC2)cc1OC. The highest BCUT2D eigenvalue weighted by Crippen LogP contribution is 2.35. The first kappa shape index (κ1) is 20.9. The lowest BCUT2D eigenvalue weighted by Gasteiger charge is -2.38. The lowest BCUT2D eigenvalue weighted by atomic mass is 9.74. The number of nitrogens with one attached hydrogen (secondary N) is 1. The number of carbonyl (C=O) groups excluding carboxylic acids is 1. The van der Waals surface area contributed by atoms with Crippen LogP contribution in [0.2, 0.25) is 0 Å². The van der Waals surface area contributed by atoms with Crippen molar-refractivity contribution >= 4 is 28.5 Å². The number of ether oxygens (including phenoxy) is 3. The first-order valence-electron chi connectivity index (χ1n) is 9.02. The maximum absolute atomic E-state index is 13.8. The van der Waals surface area contributed by atoms with Gasteiger partial charge in [0.2, 0.25) is 0 Å². The van der Waals surface area contributed by atoms with Crippen molar-refractivity contribution in [2.24, 2.45) is 0 Å². The molecule has 0 bridgehead atoms. The molecule has 0 radical (unpaired) electrons. The fourth-order valence-electron chi connectivity index (χ4n) is 3.52. The van der Waals surface area contributed by atoms with Crippen molar-refractivity contribution < 1.29 is 23.4 Å². The van der Waals surface area contributed by atoms with Gasteiger partial charge in [-0.1, -0.05) is 12.1 Å². The predicted molar refractivity (Wildman–Crippen MR) is 113 cm³/mol. The van der Waals surface area contributed by atoms with Crippen LogP contribution in [0.5, 0.6) is 11.5 Å². The van der Waals surface area contributed by atoms with Crippen LogP contribution in [0, 0.1) is 9.39 Å². The van der Waals surface area contributed by atoms with Gasteiger partial charge in [-0.2, -0.15) is 0 Å². The maximum atomic E-state index is 13.8.